The van der Waals surface area contributed by atoms with Gasteiger partial charge in [-0.3, -0.25) is 0 Å². The second-order valence-electron chi connectivity index (χ2n) is 3.87. The second-order valence-corrected chi connectivity index (χ2v) is 3.87. The lowest BCUT2D eigenvalue weighted by atomic mass is 10.4. The maximum absolute atomic E-state index is 12.5. The van der Waals surface area contributed by atoms with Crippen LogP contribution in [0.2, 0.25) is 0 Å². The lowest BCUT2D eigenvalue weighted by molar-refractivity contribution is -0.168. The molecule has 9 heteroatoms. The molecule has 0 bridgehead atoms. The highest BCUT2D eigenvalue weighted by Crippen LogP contribution is 2.23. The summed E-state index contributed by atoms with van der Waals surface area (Å²) in [6.45, 7) is 1.85. The molecule has 0 aliphatic carbocycles. The van der Waals surface area contributed by atoms with Crippen molar-refractivity contribution in [3.05, 3.63) is 5.82 Å². The lowest BCUT2D eigenvalue weighted by Gasteiger charge is -2.14. The van der Waals surface area contributed by atoms with Crippen LogP contribution in [0, 0.1) is 0 Å². The van der Waals surface area contributed by atoms with Crippen LogP contribution in [0.1, 0.15) is 19.7 Å². The van der Waals surface area contributed by atoms with Crippen LogP contribution in [0.3, 0.4) is 0 Å². The minimum Gasteiger partial charge on any atom is -0.367 e. The van der Waals surface area contributed by atoms with Crippen molar-refractivity contribution in [2.24, 2.45) is 0 Å². The first-order valence-electron chi connectivity index (χ1n) is 5.14. The van der Waals surface area contributed by atoms with E-state index in [-0.39, 0.29) is 17.9 Å². The van der Waals surface area contributed by atoms with Gasteiger partial charge in [-0.05, 0) is 13.8 Å². The topological polar surface area (TPSA) is 60.2 Å². The maximum Gasteiger partial charge on any atom is 0.330 e. The summed E-state index contributed by atoms with van der Waals surface area (Å²) in [5.41, 5.74) is 0. The fraction of sp³-hybridized carbons (Fsp3) is 0.778. The Morgan fingerprint density at radius 2 is 2.06 bits per heavy atom. The van der Waals surface area contributed by atoms with Gasteiger partial charge < -0.3 is 14.6 Å². The molecule has 0 unspecified atom stereocenters. The standard InChI is InChI=1S/C9H13F4N3O2/c1-5(2)14-8-15-6(16-18-8)3-17-4-9(12,13)7(10)11/h5,7H,3-4H2,1-2H3,(H,14,15,16). The van der Waals surface area contributed by atoms with Crippen molar-refractivity contribution >= 4 is 6.01 Å². The van der Waals surface area contributed by atoms with Crippen molar-refractivity contribution in [1.29, 1.82) is 0 Å². The first kappa shape index (κ1) is 14.7. The second kappa shape index (κ2) is 5.98. The molecule has 0 saturated heterocycles. The van der Waals surface area contributed by atoms with Gasteiger partial charge in [-0.25, -0.2) is 8.78 Å². The van der Waals surface area contributed by atoms with E-state index in [1.807, 2.05) is 13.8 Å². The average Bonchev–Trinajstić information content (AvgIpc) is 2.64. The summed E-state index contributed by atoms with van der Waals surface area (Å²) in [5, 5.41) is 6.21. The molecule has 1 N–H and O–H groups in total. The first-order chi connectivity index (χ1) is 8.31. The van der Waals surface area contributed by atoms with E-state index >= 15 is 0 Å². The van der Waals surface area contributed by atoms with Crippen molar-refractivity contribution in [3.8, 4) is 0 Å². The lowest BCUT2D eigenvalue weighted by Crippen LogP contribution is -2.32. The van der Waals surface area contributed by atoms with Crippen LogP contribution in [-0.4, -0.2) is 35.1 Å². The number of nitrogens with zero attached hydrogens (tertiary/aromatic N) is 2. The Balaban J connectivity index is 2.38. The van der Waals surface area contributed by atoms with Crippen LogP contribution in [-0.2, 0) is 11.3 Å². The fourth-order valence-electron chi connectivity index (χ4n) is 0.960. The van der Waals surface area contributed by atoms with Gasteiger partial charge in [-0.15, -0.1) is 0 Å². The van der Waals surface area contributed by atoms with E-state index in [9.17, 15) is 17.6 Å². The first-order valence-corrected chi connectivity index (χ1v) is 5.14. The van der Waals surface area contributed by atoms with Gasteiger partial charge >= 0.3 is 18.4 Å². The normalized spacial score (nSPS) is 12.4. The van der Waals surface area contributed by atoms with Crippen LogP contribution < -0.4 is 5.32 Å². The summed E-state index contributed by atoms with van der Waals surface area (Å²) in [7, 11) is 0. The molecule has 1 rings (SSSR count). The number of alkyl halides is 4. The Hall–Kier alpha value is -1.38. The summed E-state index contributed by atoms with van der Waals surface area (Å²) in [4.78, 5) is 3.77. The molecule has 0 spiro atoms. The molecule has 0 saturated carbocycles. The number of halogens is 4. The summed E-state index contributed by atoms with van der Waals surface area (Å²) in [6, 6.07) is 0.173. The number of anilines is 1. The minimum absolute atomic E-state index is 0.00298. The third kappa shape index (κ3) is 4.47. The molecule has 0 fully saturated rings. The number of nitrogens with one attached hydrogen (secondary N) is 1. The summed E-state index contributed by atoms with van der Waals surface area (Å²) < 4.78 is 57.7. The van der Waals surface area contributed by atoms with E-state index in [0.29, 0.717) is 0 Å². The van der Waals surface area contributed by atoms with E-state index in [0.717, 1.165) is 0 Å². The summed E-state index contributed by atoms with van der Waals surface area (Å²) >= 11 is 0. The highest BCUT2D eigenvalue weighted by Gasteiger charge is 2.41. The Bertz CT molecular complexity index is 370. The third-order valence-electron chi connectivity index (χ3n) is 1.73. The predicted molar refractivity (Wildman–Crippen MR) is 53.7 cm³/mol. The number of hydrogen-bond acceptors (Lipinski definition) is 5. The average molecular weight is 271 g/mol. The molecular weight excluding hydrogens is 258 g/mol. The van der Waals surface area contributed by atoms with Crippen molar-refractivity contribution in [3.63, 3.8) is 0 Å². The molecule has 1 heterocycles. The van der Waals surface area contributed by atoms with E-state index in [2.05, 4.69) is 20.2 Å². The molecule has 0 atom stereocenters. The van der Waals surface area contributed by atoms with Crippen molar-refractivity contribution in [2.75, 3.05) is 11.9 Å². The van der Waals surface area contributed by atoms with E-state index in [1.54, 1.807) is 0 Å². The largest absolute Gasteiger partial charge is 0.367 e. The van der Waals surface area contributed by atoms with Crippen LogP contribution >= 0.6 is 0 Å². The van der Waals surface area contributed by atoms with E-state index in [4.69, 9.17) is 4.52 Å². The molecule has 1 aromatic rings. The van der Waals surface area contributed by atoms with E-state index < -0.39 is 25.6 Å². The maximum atomic E-state index is 12.5. The molecule has 1 aromatic heterocycles. The van der Waals surface area contributed by atoms with Crippen molar-refractivity contribution in [2.45, 2.75) is 38.8 Å². The van der Waals surface area contributed by atoms with Gasteiger partial charge in [0.25, 0.3) is 0 Å². The minimum atomic E-state index is -4.18. The molecule has 104 valence electrons. The number of ether oxygens (including phenoxy) is 1. The molecule has 0 amide bonds. The summed E-state index contributed by atoms with van der Waals surface area (Å²) in [5.74, 6) is -4.17. The van der Waals surface area contributed by atoms with Crippen molar-refractivity contribution in [1.82, 2.24) is 10.1 Å². The van der Waals surface area contributed by atoms with E-state index in [1.165, 1.54) is 0 Å². The third-order valence-corrected chi connectivity index (χ3v) is 1.73. The SMILES string of the molecule is CC(C)Nc1nc(COCC(F)(F)C(F)F)no1. The zero-order valence-corrected chi connectivity index (χ0v) is 9.79. The zero-order valence-electron chi connectivity index (χ0n) is 9.79. The quantitative estimate of drug-likeness (QED) is 0.771. The van der Waals surface area contributed by atoms with Gasteiger partial charge in [-0.2, -0.15) is 13.8 Å². The van der Waals surface area contributed by atoms with Gasteiger partial charge in [0, 0.05) is 6.04 Å². The van der Waals surface area contributed by atoms with Crippen molar-refractivity contribution < 1.29 is 26.8 Å². The Morgan fingerprint density at radius 1 is 1.39 bits per heavy atom. The molecule has 0 radical (unpaired) electrons. The highest BCUT2D eigenvalue weighted by molar-refractivity contribution is 5.19. The fourth-order valence-corrected chi connectivity index (χ4v) is 0.960. The Morgan fingerprint density at radius 3 is 2.61 bits per heavy atom. The van der Waals surface area contributed by atoms with Crippen LogP contribution in [0.15, 0.2) is 4.52 Å². The van der Waals surface area contributed by atoms with Gasteiger partial charge in [0.2, 0.25) is 0 Å². The van der Waals surface area contributed by atoms with Gasteiger partial charge in [0.1, 0.15) is 13.2 Å². The number of rotatable bonds is 7. The highest BCUT2D eigenvalue weighted by atomic mass is 19.3. The zero-order chi connectivity index (χ0) is 13.8. The predicted octanol–water partition coefficient (Wildman–Crippen LogP) is 2.31. The van der Waals surface area contributed by atoms with Crippen LogP contribution in [0.4, 0.5) is 23.6 Å². The smallest absolute Gasteiger partial charge is 0.330 e. The number of hydrogen-bond donors (Lipinski definition) is 1. The van der Waals surface area contributed by atoms with Gasteiger partial charge in [-0.1, -0.05) is 5.16 Å². The molecule has 18 heavy (non-hydrogen) atoms. The molecular formula is C9H13F4N3O2. The van der Waals surface area contributed by atoms with Gasteiger partial charge in [0.05, 0.1) is 0 Å². The molecule has 0 aliphatic rings. The number of aromatic nitrogens is 2. The molecule has 0 aliphatic heterocycles. The Labute approximate surface area is 100 Å². The molecule has 5 nitrogen and oxygen atoms in total. The van der Waals surface area contributed by atoms with Gasteiger partial charge in [0.15, 0.2) is 5.82 Å². The monoisotopic (exact) mass is 271 g/mol. The van der Waals surface area contributed by atoms with Crippen LogP contribution in [0.5, 0.6) is 0 Å². The molecule has 0 aromatic carbocycles. The Kier molecular flexibility index (Phi) is 4.88. The summed E-state index contributed by atoms with van der Waals surface area (Å²) in [6.07, 6.45) is -3.76. The van der Waals surface area contributed by atoms with Crippen LogP contribution in [0.25, 0.3) is 0 Å².